The number of rotatable bonds is 6. The molecular weight excluding hydrogens is 245 g/mol. The fraction of sp³-hybridized carbons (Fsp3) is 0.750. The van der Waals surface area contributed by atoms with Crippen molar-refractivity contribution in [3.05, 3.63) is 0 Å². The average molecular weight is 258 g/mol. The minimum atomic E-state index is -4.49. The monoisotopic (exact) mass is 258 g/mol. The second kappa shape index (κ2) is 6.94. The van der Waals surface area contributed by atoms with Crippen LogP contribution < -0.4 is 10.6 Å². The van der Waals surface area contributed by atoms with Gasteiger partial charge in [0.25, 0.3) is 0 Å². The zero-order valence-corrected chi connectivity index (χ0v) is 9.00. The van der Waals surface area contributed by atoms with E-state index in [4.69, 9.17) is 9.84 Å². The largest absolute Gasteiger partial charge is 0.481 e. The maximum absolute atomic E-state index is 11.7. The molecule has 0 aromatic carbocycles. The second-order valence-corrected chi connectivity index (χ2v) is 3.13. The molecule has 0 bridgehead atoms. The van der Waals surface area contributed by atoms with Gasteiger partial charge in [0, 0.05) is 13.7 Å². The molecule has 0 heterocycles. The van der Waals surface area contributed by atoms with E-state index in [0.717, 1.165) is 0 Å². The molecule has 3 N–H and O–H groups in total. The Morgan fingerprint density at radius 3 is 2.35 bits per heavy atom. The lowest BCUT2D eigenvalue weighted by Crippen LogP contribution is -2.44. The lowest BCUT2D eigenvalue weighted by molar-refractivity contribution is -0.139. The molecule has 17 heavy (non-hydrogen) atoms. The van der Waals surface area contributed by atoms with Crippen molar-refractivity contribution in [1.82, 2.24) is 10.6 Å². The second-order valence-electron chi connectivity index (χ2n) is 3.13. The first-order valence-electron chi connectivity index (χ1n) is 4.57. The summed E-state index contributed by atoms with van der Waals surface area (Å²) in [6.07, 6.45) is -5.63. The van der Waals surface area contributed by atoms with Crippen LogP contribution >= 0.6 is 0 Å². The van der Waals surface area contributed by atoms with Crippen molar-refractivity contribution in [3.63, 3.8) is 0 Å². The lowest BCUT2D eigenvalue weighted by Gasteiger charge is -2.14. The van der Waals surface area contributed by atoms with E-state index in [2.05, 4.69) is 5.32 Å². The van der Waals surface area contributed by atoms with Gasteiger partial charge in [0.1, 0.15) is 6.54 Å². The Bertz CT molecular complexity index is 270. The standard InChI is InChI=1S/C8H13F3N2O4/c1-17-5(2-6(14)15)3-12-7(16)13-4-8(9,10)11/h5H,2-4H2,1H3,(H,14,15)(H2,12,13,16). The van der Waals surface area contributed by atoms with Crippen molar-refractivity contribution in [2.24, 2.45) is 0 Å². The van der Waals surface area contributed by atoms with Gasteiger partial charge in [0.05, 0.1) is 12.5 Å². The third kappa shape index (κ3) is 9.42. The summed E-state index contributed by atoms with van der Waals surface area (Å²) in [5.74, 6) is -1.13. The number of ether oxygens (including phenoxy) is 1. The first-order valence-corrected chi connectivity index (χ1v) is 4.57. The van der Waals surface area contributed by atoms with Crippen molar-refractivity contribution in [1.29, 1.82) is 0 Å². The molecule has 2 amide bonds. The molecule has 0 aliphatic carbocycles. The van der Waals surface area contributed by atoms with Gasteiger partial charge in [-0.05, 0) is 0 Å². The predicted molar refractivity (Wildman–Crippen MR) is 50.5 cm³/mol. The molecule has 1 atom stereocenters. The number of carboxylic acid groups (broad SMARTS) is 1. The third-order valence-corrected chi connectivity index (χ3v) is 1.68. The van der Waals surface area contributed by atoms with E-state index in [9.17, 15) is 22.8 Å². The molecule has 0 aromatic heterocycles. The van der Waals surface area contributed by atoms with Crippen LogP contribution in [0.2, 0.25) is 0 Å². The van der Waals surface area contributed by atoms with Crippen LogP contribution in [-0.2, 0) is 9.53 Å². The maximum Gasteiger partial charge on any atom is 0.405 e. The van der Waals surface area contributed by atoms with Crippen LogP contribution in [0.3, 0.4) is 0 Å². The van der Waals surface area contributed by atoms with E-state index >= 15 is 0 Å². The van der Waals surface area contributed by atoms with Gasteiger partial charge in [0.15, 0.2) is 0 Å². The fourth-order valence-electron chi connectivity index (χ4n) is 0.883. The number of halogens is 3. The summed E-state index contributed by atoms with van der Waals surface area (Å²) < 4.78 is 39.8. The number of amides is 2. The van der Waals surface area contributed by atoms with Crippen LogP contribution in [0.1, 0.15) is 6.42 Å². The number of nitrogens with one attached hydrogen (secondary N) is 2. The van der Waals surface area contributed by atoms with E-state index in [1.165, 1.54) is 7.11 Å². The predicted octanol–water partition coefficient (Wildman–Crippen LogP) is 0.338. The summed E-state index contributed by atoms with van der Waals surface area (Å²) in [5, 5.41) is 12.1. The molecule has 100 valence electrons. The SMILES string of the molecule is COC(CNC(=O)NCC(F)(F)F)CC(=O)O. The smallest absolute Gasteiger partial charge is 0.405 e. The molecule has 0 radical (unpaired) electrons. The Kier molecular flexibility index (Phi) is 6.33. The molecule has 1 unspecified atom stereocenters. The van der Waals surface area contributed by atoms with Gasteiger partial charge in [-0.1, -0.05) is 0 Å². The molecule has 0 aliphatic rings. The summed E-state index contributed by atoms with van der Waals surface area (Å²) in [6, 6.07) is -1.03. The van der Waals surface area contributed by atoms with Crippen molar-refractivity contribution in [2.75, 3.05) is 20.2 Å². The molecular formula is C8H13F3N2O4. The van der Waals surface area contributed by atoms with Crippen LogP contribution in [-0.4, -0.2) is 49.6 Å². The zero-order chi connectivity index (χ0) is 13.5. The van der Waals surface area contributed by atoms with Crippen LogP contribution in [0.25, 0.3) is 0 Å². The number of urea groups is 1. The Labute approximate surface area is 95.1 Å². The van der Waals surface area contributed by atoms with Crippen molar-refractivity contribution in [3.8, 4) is 0 Å². The highest BCUT2D eigenvalue weighted by Gasteiger charge is 2.27. The summed E-state index contributed by atoms with van der Waals surface area (Å²) >= 11 is 0. The first-order chi connectivity index (χ1) is 7.74. The molecule has 0 saturated heterocycles. The lowest BCUT2D eigenvalue weighted by atomic mass is 10.2. The number of hydrogen-bond acceptors (Lipinski definition) is 3. The van der Waals surface area contributed by atoms with Crippen LogP contribution in [0.4, 0.5) is 18.0 Å². The van der Waals surface area contributed by atoms with E-state index in [-0.39, 0.29) is 13.0 Å². The molecule has 0 aromatic rings. The van der Waals surface area contributed by atoms with E-state index in [1.54, 1.807) is 5.32 Å². The van der Waals surface area contributed by atoms with Crippen molar-refractivity contribution >= 4 is 12.0 Å². The number of carbonyl (C=O) groups excluding carboxylic acids is 1. The molecule has 0 fully saturated rings. The van der Waals surface area contributed by atoms with Crippen LogP contribution in [0.15, 0.2) is 0 Å². The van der Waals surface area contributed by atoms with Gasteiger partial charge in [-0.15, -0.1) is 0 Å². The molecule has 0 aliphatic heterocycles. The van der Waals surface area contributed by atoms with Crippen molar-refractivity contribution < 1.29 is 32.6 Å². The van der Waals surface area contributed by atoms with Gasteiger partial charge >= 0.3 is 18.2 Å². The van der Waals surface area contributed by atoms with E-state index in [0.29, 0.717) is 0 Å². The molecule has 0 rings (SSSR count). The van der Waals surface area contributed by atoms with Gasteiger partial charge in [-0.2, -0.15) is 13.2 Å². The first kappa shape index (κ1) is 15.5. The topological polar surface area (TPSA) is 87.7 Å². The number of methoxy groups -OCH3 is 1. The Morgan fingerprint density at radius 2 is 1.94 bits per heavy atom. The number of carbonyl (C=O) groups is 2. The van der Waals surface area contributed by atoms with Crippen LogP contribution in [0, 0.1) is 0 Å². The normalized spacial score (nSPS) is 12.9. The Hall–Kier alpha value is -1.51. The highest BCUT2D eigenvalue weighted by Crippen LogP contribution is 2.11. The van der Waals surface area contributed by atoms with Crippen LogP contribution in [0.5, 0.6) is 0 Å². The highest BCUT2D eigenvalue weighted by atomic mass is 19.4. The number of carboxylic acids is 1. The van der Waals surface area contributed by atoms with Gasteiger partial charge in [-0.3, -0.25) is 4.79 Å². The number of hydrogen-bond donors (Lipinski definition) is 3. The Morgan fingerprint density at radius 1 is 1.35 bits per heavy atom. The maximum atomic E-state index is 11.7. The minimum Gasteiger partial charge on any atom is -0.481 e. The third-order valence-electron chi connectivity index (χ3n) is 1.68. The fourth-order valence-corrected chi connectivity index (χ4v) is 0.883. The Balaban J connectivity index is 3.85. The summed E-state index contributed by atoms with van der Waals surface area (Å²) in [4.78, 5) is 21.2. The molecule has 6 nitrogen and oxygen atoms in total. The van der Waals surface area contributed by atoms with E-state index in [1.807, 2.05) is 0 Å². The quantitative estimate of drug-likeness (QED) is 0.641. The van der Waals surface area contributed by atoms with Gasteiger partial charge in [-0.25, -0.2) is 4.79 Å². The van der Waals surface area contributed by atoms with Gasteiger partial charge < -0.3 is 20.5 Å². The van der Waals surface area contributed by atoms with Gasteiger partial charge in [0.2, 0.25) is 0 Å². The summed E-state index contributed by atoms with van der Waals surface area (Å²) in [5.41, 5.74) is 0. The highest BCUT2D eigenvalue weighted by molar-refractivity contribution is 5.74. The van der Waals surface area contributed by atoms with Crippen molar-refractivity contribution in [2.45, 2.75) is 18.7 Å². The minimum absolute atomic E-state index is 0.188. The zero-order valence-electron chi connectivity index (χ0n) is 9.00. The molecule has 9 heteroatoms. The molecule has 0 saturated carbocycles. The summed E-state index contributed by atoms with van der Waals surface area (Å²) in [7, 11) is 1.24. The summed E-state index contributed by atoms with van der Waals surface area (Å²) in [6.45, 7) is -1.64. The number of aliphatic carboxylic acids is 1. The van der Waals surface area contributed by atoms with E-state index < -0.39 is 30.8 Å². The molecule has 0 spiro atoms. The number of alkyl halides is 3. The average Bonchev–Trinajstić information content (AvgIpc) is 2.19.